The predicted octanol–water partition coefficient (Wildman–Crippen LogP) is 3.67. The van der Waals surface area contributed by atoms with Crippen LogP contribution in [-0.2, 0) is 17.8 Å². The normalized spacial score (nSPS) is 10.3. The number of hydrogen-bond donors (Lipinski definition) is 2. The van der Waals surface area contributed by atoms with E-state index >= 15 is 0 Å². The Morgan fingerprint density at radius 1 is 1.10 bits per heavy atom. The van der Waals surface area contributed by atoms with Crippen LogP contribution in [0, 0.1) is 0 Å². The molecule has 0 heterocycles. The zero-order chi connectivity index (χ0) is 14.5. The van der Waals surface area contributed by atoms with Gasteiger partial charge in [0.2, 0.25) is 5.91 Å². The number of benzene rings is 2. The van der Waals surface area contributed by atoms with E-state index in [0.29, 0.717) is 21.3 Å². The van der Waals surface area contributed by atoms with E-state index in [1.54, 1.807) is 42.5 Å². The Hall–Kier alpha value is -1.55. The van der Waals surface area contributed by atoms with Crippen molar-refractivity contribution in [1.82, 2.24) is 0 Å². The van der Waals surface area contributed by atoms with Crippen molar-refractivity contribution in [3.05, 3.63) is 63.6 Å². The number of hydrogen-bond acceptors (Lipinski definition) is 2. The molecule has 0 saturated carbocycles. The average Bonchev–Trinajstić information content (AvgIpc) is 2.43. The zero-order valence-electron chi connectivity index (χ0n) is 10.6. The lowest BCUT2D eigenvalue weighted by atomic mass is 10.1. The summed E-state index contributed by atoms with van der Waals surface area (Å²) in [5.74, 6) is -0.177. The van der Waals surface area contributed by atoms with Crippen molar-refractivity contribution >= 4 is 34.8 Å². The SMILES string of the molecule is O=C(Cc1ccc(Cl)c(Cl)c1)Nc1ccccc1CO. The molecule has 0 radical (unpaired) electrons. The van der Waals surface area contributed by atoms with E-state index in [-0.39, 0.29) is 18.9 Å². The Morgan fingerprint density at radius 2 is 1.85 bits per heavy atom. The topological polar surface area (TPSA) is 49.3 Å². The molecule has 0 aliphatic carbocycles. The van der Waals surface area contributed by atoms with Gasteiger partial charge in [-0.1, -0.05) is 47.5 Å². The number of carbonyl (C=O) groups is 1. The van der Waals surface area contributed by atoms with Gasteiger partial charge in [-0.25, -0.2) is 0 Å². The first-order chi connectivity index (χ1) is 9.60. The van der Waals surface area contributed by atoms with Crippen LogP contribution in [0.3, 0.4) is 0 Å². The summed E-state index contributed by atoms with van der Waals surface area (Å²) in [4.78, 5) is 12.0. The number of nitrogens with one attached hydrogen (secondary N) is 1. The van der Waals surface area contributed by atoms with Crippen LogP contribution in [0.1, 0.15) is 11.1 Å². The van der Waals surface area contributed by atoms with Crippen molar-refractivity contribution in [2.24, 2.45) is 0 Å². The van der Waals surface area contributed by atoms with E-state index in [9.17, 15) is 9.90 Å². The third-order valence-electron chi connectivity index (χ3n) is 2.81. The molecule has 0 aliphatic rings. The Kier molecular flexibility index (Phi) is 5.01. The molecule has 0 aromatic heterocycles. The summed E-state index contributed by atoms with van der Waals surface area (Å²) in [5, 5.41) is 12.9. The number of carbonyl (C=O) groups excluding carboxylic acids is 1. The van der Waals surface area contributed by atoms with Crippen LogP contribution in [0.5, 0.6) is 0 Å². The minimum Gasteiger partial charge on any atom is -0.392 e. The molecule has 20 heavy (non-hydrogen) atoms. The maximum Gasteiger partial charge on any atom is 0.228 e. The average molecular weight is 310 g/mol. The highest BCUT2D eigenvalue weighted by Gasteiger charge is 2.08. The first kappa shape index (κ1) is 14.9. The second-order valence-electron chi connectivity index (χ2n) is 4.29. The van der Waals surface area contributed by atoms with Crippen molar-refractivity contribution in [3.63, 3.8) is 0 Å². The summed E-state index contributed by atoms with van der Waals surface area (Å²) in [6, 6.07) is 12.2. The fourth-order valence-electron chi connectivity index (χ4n) is 1.81. The van der Waals surface area contributed by atoms with Gasteiger partial charge in [0.05, 0.1) is 23.1 Å². The molecule has 2 aromatic rings. The van der Waals surface area contributed by atoms with Gasteiger partial charge in [-0.3, -0.25) is 4.79 Å². The molecule has 0 atom stereocenters. The number of para-hydroxylation sites is 1. The molecule has 0 unspecified atom stereocenters. The van der Waals surface area contributed by atoms with Gasteiger partial charge in [-0.15, -0.1) is 0 Å². The molecular formula is C15H13Cl2NO2. The summed E-state index contributed by atoms with van der Waals surface area (Å²) < 4.78 is 0. The van der Waals surface area contributed by atoms with Crippen LogP contribution in [0.2, 0.25) is 10.0 Å². The molecule has 2 rings (SSSR count). The third-order valence-corrected chi connectivity index (χ3v) is 3.55. The molecule has 2 aromatic carbocycles. The van der Waals surface area contributed by atoms with E-state index in [1.807, 2.05) is 0 Å². The maximum absolute atomic E-state index is 12.0. The monoisotopic (exact) mass is 309 g/mol. The number of aliphatic hydroxyl groups is 1. The molecular weight excluding hydrogens is 297 g/mol. The zero-order valence-corrected chi connectivity index (χ0v) is 12.1. The van der Waals surface area contributed by atoms with Gasteiger partial charge < -0.3 is 10.4 Å². The van der Waals surface area contributed by atoms with Gasteiger partial charge in [0, 0.05) is 11.3 Å². The summed E-state index contributed by atoms with van der Waals surface area (Å²) in [7, 11) is 0. The second kappa shape index (κ2) is 6.75. The molecule has 0 spiro atoms. The molecule has 104 valence electrons. The smallest absolute Gasteiger partial charge is 0.228 e. The van der Waals surface area contributed by atoms with E-state index in [1.165, 1.54) is 0 Å². The van der Waals surface area contributed by atoms with Gasteiger partial charge in [-0.2, -0.15) is 0 Å². The van der Waals surface area contributed by atoms with E-state index in [2.05, 4.69) is 5.32 Å². The molecule has 0 saturated heterocycles. The minimum atomic E-state index is -0.177. The van der Waals surface area contributed by atoms with Crippen LogP contribution in [0.25, 0.3) is 0 Å². The van der Waals surface area contributed by atoms with Crippen LogP contribution >= 0.6 is 23.2 Å². The first-order valence-electron chi connectivity index (χ1n) is 6.02. The maximum atomic E-state index is 12.0. The Balaban J connectivity index is 2.07. The molecule has 3 nitrogen and oxygen atoms in total. The van der Waals surface area contributed by atoms with Gasteiger partial charge in [0.1, 0.15) is 0 Å². The molecule has 1 amide bonds. The van der Waals surface area contributed by atoms with Crippen molar-refractivity contribution in [3.8, 4) is 0 Å². The van der Waals surface area contributed by atoms with Gasteiger partial charge >= 0.3 is 0 Å². The quantitative estimate of drug-likeness (QED) is 0.905. The van der Waals surface area contributed by atoms with Gasteiger partial charge in [-0.05, 0) is 23.8 Å². The largest absolute Gasteiger partial charge is 0.392 e. The van der Waals surface area contributed by atoms with E-state index < -0.39 is 0 Å². The second-order valence-corrected chi connectivity index (χ2v) is 5.10. The Bertz CT molecular complexity index is 629. The Morgan fingerprint density at radius 3 is 2.55 bits per heavy atom. The van der Waals surface area contributed by atoms with Crippen molar-refractivity contribution < 1.29 is 9.90 Å². The van der Waals surface area contributed by atoms with Crippen LogP contribution in [0.4, 0.5) is 5.69 Å². The van der Waals surface area contributed by atoms with Gasteiger partial charge in [0.25, 0.3) is 0 Å². The highest BCUT2D eigenvalue weighted by atomic mass is 35.5. The van der Waals surface area contributed by atoms with Crippen LogP contribution < -0.4 is 5.32 Å². The lowest BCUT2D eigenvalue weighted by Crippen LogP contribution is -2.15. The first-order valence-corrected chi connectivity index (χ1v) is 6.78. The number of anilines is 1. The predicted molar refractivity (Wildman–Crippen MR) is 81.2 cm³/mol. The van der Waals surface area contributed by atoms with Gasteiger partial charge in [0.15, 0.2) is 0 Å². The molecule has 2 N–H and O–H groups in total. The highest BCUT2D eigenvalue weighted by molar-refractivity contribution is 6.42. The number of aliphatic hydroxyl groups excluding tert-OH is 1. The van der Waals surface area contributed by atoms with Crippen molar-refractivity contribution in [2.75, 3.05) is 5.32 Å². The van der Waals surface area contributed by atoms with E-state index in [0.717, 1.165) is 5.56 Å². The fraction of sp³-hybridized carbons (Fsp3) is 0.133. The summed E-state index contributed by atoms with van der Waals surface area (Å²) >= 11 is 11.7. The van der Waals surface area contributed by atoms with Crippen molar-refractivity contribution in [1.29, 1.82) is 0 Å². The summed E-state index contributed by atoms with van der Waals surface area (Å²) in [5.41, 5.74) is 2.06. The minimum absolute atomic E-state index is 0.122. The third kappa shape index (κ3) is 3.73. The lowest BCUT2D eigenvalue weighted by molar-refractivity contribution is -0.115. The molecule has 0 bridgehead atoms. The Labute approximate surface area is 127 Å². The molecule has 0 fully saturated rings. The van der Waals surface area contributed by atoms with Crippen LogP contribution in [-0.4, -0.2) is 11.0 Å². The number of halogens is 2. The summed E-state index contributed by atoms with van der Waals surface area (Å²) in [6.45, 7) is -0.122. The molecule has 0 aliphatic heterocycles. The lowest BCUT2D eigenvalue weighted by Gasteiger charge is -2.09. The van der Waals surface area contributed by atoms with Crippen molar-refractivity contribution in [2.45, 2.75) is 13.0 Å². The van der Waals surface area contributed by atoms with E-state index in [4.69, 9.17) is 23.2 Å². The fourth-order valence-corrected chi connectivity index (χ4v) is 2.13. The van der Waals surface area contributed by atoms with Crippen LogP contribution in [0.15, 0.2) is 42.5 Å². The highest BCUT2D eigenvalue weighted by Crippen LogP contribution is 2.23. The summed E-state index contributed by atoms with van der Waals surface area (Å²) in [6.07, 6.45) is 0.191. The molecule has 5 heteroatoms. The number of rotatable bonds is 4. The number of amides is 1. The standard InChI is InChI=1S/C15H13Cl2NO2/c16-12-6-5-10(7-13(12)17)8-15(20)18-14-4-2-1-3-11(14)9-19/h1-7,19H,8-9H2,(H,18,20).